The number of allylic oxidation sites excluding steroid dienone is 1. The average Bonchev–Trinajstić information content (AvgIpc) is 2.88. The summed E-state index contributed by atoms with van der Waals surface area (Å²) in [7, 11) is 0. The van der Waals surface area contributed by atoms with E-state index < -0.39 is 0 Å². The molecular weight excluding hydrogens is 228 g/mol. The topological polar surface area (TPSA) is 24.9 Å². The van der Waals surface area contributed by atoms with Crippen LogP contribution in [0.1, 0.15) is 54.2 Å². The van der Waals surface area contributed by atoms with Gasteiger partial charge in [-0.3, -0.25) is 0 Å². The van der Waals surface area contributed by atoms with Gasteiger partial charge in [-0.05, 0) is 53.0 Å². The maximum atomic E-state index is 4.48. The van der Waals surface area contributed by atoms with Crippen molar-refractivity contribution >= 4 is 11.3 Å². The Labute approximate surface area is 108 Å². The van der Waals surface area contributed by atoms with Crippen LogP contribution >= 0.6 is 11.3 Å². The van der Waals surface area contributed by atoms with E-state index in [0.29, 0.717) is 6.04 Å². The van der Waals surface area contributed by atoms with Crippen molar-refractivity contribution in [3.8, 4) is 0 Å². The Bertz CT molecular complexity index is 406. The SMILES string of the molecule is Cc1nc(C)c(C(C)NCCC2=CCCC2)s1. The molecule has 17 heavy (non-hydrogen) atoms. The van der Waals surface area contributed by atoms with Crippen LogP contribution in [0.2, 0.25) is 0 Å². The molecule has 1 aliphatic carbocycles. The van der Waals surface area contributed by atoms with Gasteiger partial charge in [0, 0.05) is 10.9 Å². The number of nitrogens with one attached hydrogen (secondary N) is 1. The first kappa shape index (κ1) is 12.8. The van der Waals surface area contributed by atoms with Crippen LogP contribution in [0, 0.1) is 13.8 Å². The Morgan fingerprint density at radius 1 is 1.47 bits per heavy atom. The number of thiazole rings is 1. The highest BCUT2D eigenvalue weighted by Gasteiger charge is 2.12. The molecule has 0 spiro atoms. The van der Waals surface area contributed by atoms with Crippen molar-refractivity contribution in [3.63, 3.8) is 0 Å². The van der Waals surface area contributed by atoms with Crippen LogP contribution < -0.4 is 5.32 Å². The Balaban J connectivity index is 1.80. The quantitative estimate of drug-likeness (QED) is 0.801. The molecule has 2 rings (SSSR count). The Morgan fingerprint density at radius 2 is 2.29 bits per heavy atom. The van der Waals surface area contributed by atoms with Crippen molar-refractivity contribution in [1.82, 2.24) is 10.3 Å². The Hall–Kier alpha value is -0.670. The predicted octanol–water partition coefficient (Wildman–Crippen LogP) is 3.91. The van der Waals surface area contributed by atoms with Crippen molar-refractivity contribution < 1.29 is 0 Å². The Morgan fingerprint density at radius 3 is 2.88 bits per heavy atom. The van der Waals surface area contributed by atoms with E-state index in [-0.39, 0.29) is 0 Å². The second-order valence-electron chi connectivity index (χ2n) is 4.86. The first-order chi connectivity index (χ1) is 8.16. The summed E-state index contributed by atoms with van der Waals surface area (Å²) in [6.07, 6.45) is 7.58. The minimum atomic E-state index is 0.434. The molecule has 0 aromatic carbocycles. The summed E-state index contributed by atoms with van der Waals surface area (Å²) < 4.78 is 0. The van der Waals surface area contributed by atoms with Gasteiger partial charge in [-0.2, -0.15) is 0 Å². The molecular formula is C14H22N2S. The van der Waals surface area contributed by atoms with Gasteiger partial charge >= 0.3 is 0 Å². The molecule has 94 valence electrons. The van der Waals surface area contributed by atoms with E-state index in [9.17, 15) is 0 Å². The monoisotopic (exact) mass is 250 g/mol. The summed E-state index contributed by atoms with van der Waals surface area (Å²) in [5.74, 6) is 0. The van der Waals surface area contributed by atoms with Gasteiger partial charge in [0.25, 0.3) is 0 Å². The highest BCUT2D eigenvalue weighted by Crippen LogP contribution is 2.25. The van der Waals surface area contributed by atoms with Crippen molar-refractivity contribution in [1.29, 1.82) is 0 Å². The van der Waals surface area contributed by atoms with Gasteiger partial charge in [0.2, 0.25) is 0 Å². The second-order valence-corrected chi connectivity index (χ2v) is 6.10. The molecule has 0 aliphatic heterocycles. The molecule has 1 atom stereocenters. The predicted molar refractivity (Wildman–Crippen MR) is 74.6 cm³/mol. The zero-order valence-corrected chi connectivity index (χ0v) is 11.9. The molecule has 2 nitrogen and oxygen atoms in total. The van der Waals surface area contributed by atoms with Crippen molar-refractivity contribution in [3.05, 3.63) is 27.2 Å². The normalized spacial score (nSPS) is 17.2. The minimum absolute atomic E-state index is 0.434. The van der Waals surface area contributed by atoms with Gasteiger partial charge in [0.15, 0.2) is 0 Å². The second kappa shape index (κ2) is 5.78. The molecule has 0 saturated heterocycles. The molecule has 0 radical (unpaired) electrons. The van der Waals surface area contributed by atoms with Crippen molar-refractivity contribution in [2.75, 3.05) is 6.54 Å². The van der Waals surface area contributed by atoms with Crippen LogP contribution in [-0.4, -0.2) is 11.5 Å². The lowest BCUT2D eigenvalue weighted by Gasteiger charge is -2.13. The first-order valence-electron chi connectivity index (χ1n) is 6.52. The summed E-state index contributed by atoms with van der Waals surface area (Å²) >= 11 is 1.82. The molecule has 3 heteroatoms. The molecule has 1 aliphatic rings. The summed E-state index contributed by atoms with van der Waals surface area (Å²) in [4.78, 5) is 5.88. The van der Waals surface area contributed by atoms with Gasteiger partial charge in [-0.1, -0.05) is 11.6 Å². The standard InChI is InChI=1S/C14H22N2S/c1-10(14-11(2)16-12(3)17-14)15-9-8-13-6-4-5-7-13/h6,10,15H,4-5,7-9H2,1-3H3. The summed E-state index contributed by atoms with van der Waals surface area (Å²) in [6, 6.07) is 0.434. The number of aryl methyl sites for hydroxylation is 2. The van der Waals surface area contributed by atoms with Crippen LogP contribution in [-0.2, 0) is 0 Å². The molecule has 0 fully saturated rings. The third-order valence-electron chi connectivity index (χ3n) is 3.36. The molecule has 1 N–H and O–H groups in total. The maximum absolute atomic E-state index is 4.48. The van der Waals surface area contributed by atoms with Gasteiger partial charge in [-0.15, -0.1) is 11.3 Å². The Kier molecular flexibility index (Phi) is 4.35. The van der Waals surface area contributed by atoms with Gasteiger partial charge in [0.05, 0.1) is 10.7 Å². The lowest BCUT2D eigenvalue weighted by Crippen LogP contribution is -2.19. The number of rotatable bonds is 5. The van der Waals surface area contributed by atoms with Crippen molar-refractivity contribution in [2.24, 2.45) is 0 Å². The van der Waals surface area contributed by atoms with Crippen LogP contribution in [0.15, 0.2) is 11.6 Å². The van der Waals surface area contributed by atoms with Crippen LogP contribution in [0.4, 0.5) is 0 Å². The lowest BCUT2D eigenvalue weighted by atomic mass is 10.1. The molecule has 1 heterocycles. The fourth-order valence-electron chi connectivity index (χ4n) is 2.46. The number of hydrogen-bond donors (Lipinski definition) is 1. The van der Waals surface area contributed by atoms with Crippen LogP contribution in [0.3, 0.4) is 0 Å². The molecule has 0 bridgehead atoms. The third-order valence-corrected chi connectivity index (χ3v) is 4.62. The molecule has 0 saturated carbocycles. The van der Waals surface area contributed by atoms with Gasteiger partial charge in [0.1, 0.15) is 0 Å². The molecule has 0 amide bonds. The largest absolute Gasteiger partial charge is 0.309 e. The van der Waals surface area contributed by atoms with E-state index in [1.54, 1.807) is 5.57 Å². The highest BCUT2D eigenvalue weighted by atomic mass is 32.1. The third kappa shape index (κ3) is 3.39. The summed E-state index contributed by atoms with van der Waals surface area (Å²) in [6.45, 7) is 7.51. The van der Waals surface area contributed by atoms with E-state index in [1.807, 2.05) is 11.3 Å². The zero-order valence-electron chi connectivity index (χ0n) is 11.0. The fraction of sp³-hybridized carbons (Fsp3) is 0.643. The fourth-order valence-corrected chi connectivity index (χ4v) is 3.41. The molecule has 1 unspecified atom stereocenters. The van der Waals surface area contributed by atoms with Gasteiger partial charge in [-0.25, -0.2) is 4.98 Å². The zero-order chi connectivity index (χ0) is 12.3. The first-order valence-corrected chi connectivity index (χ1v) is 7.33. The summed E-state index contributed by atoms with van der Waals surface area (Å²) in [5, 5.41) is 4.78. The van der Waals surface area contributed by atoms with E-state index in [4.69, 9.17) is 0 Å². The van der Waals surface area contributed by atoms with Crippen molar-refractivity contribution in [2.45, 2.75) is 52.5 Å². The van der Waals surface area contributed by atoms with Gasteiger partial charge < -0.3 is 5.32 Å². The number of nitrogens with zero attached hydrogens (tertiary/aromatic N) is 1. The molecule has 1 aromatic heterocycles. The van der Waals surface area contributed by atoms with Crippen LogP contribution in [0.25, 0.3) is 0 Å². The number of aromatic nitrogens is 1. The average molecular weight is 250 g/mol. The van der Waals surface area contributed by atoms with E-state index in [2.05, 4.69) is 37.1 Å². The number of hydrogen-bond acceptors (Lipinski definition) is 3. The van der Waals surface area contributed by atoms with E-state index in [1.165, 1.54) is 41.3 Å². The van der Waals surface area contributed by atoms with E-state index >= 15 is 0 Å². The van der Waals surface area contributed by atoms with E-state index in [0.717, 1.165) is 6.54 Å². The smallest absolute Gasteiger partial charge is 0.0900 e. The van der Waals surface area contributed by atoms with Crippen LogP contribution in [0.5, 0.6) is 0 Å². The lowest BCUT2D eigenvalue weighted by molar-refractivity contribution is 0.577. The minimum Gasteiger partial charge on any atom is -0.309 e. The highest BCUT2D eigenvalue weighted by molar-refractivity contribution is 7.11. The summed E-state index contributed by atoms with van der Waals surface area (Å²) in [5.41, 5.74) is 2.83. The maximum Gasteiger partial charge on any atom is 0.0900 e. The molecule has 1 aromatic rings.